The Kier molecular flexibility index (Phi) is 2.96. The van der Waals surface area contributed by atoms with Gasteiger partial charge >= 0.3 is 5.97 Å². The van der Waals surface area contributed by atoms with Crippen LogP contribution in [0.4, 0.5) is 0 Å². The molecule has 0 aliphatic rings. The fourth-order valence-electron chi connectivity index (χ4n) is 0.936. The molecule has 15 heavy (non-hydrogen) atoms. The van der Waals surface area contributed by atoms with E-state index in [4.69, 9.17) is 16.3 Å². The molecule has 1 N–H and O–H groups in total. The first-order chi connectivity index (χ1) is 6.96. The van der Waals surface area contributed by atoms with Gasteiger partial charge in [-0.05, 0) is 19.9 Å². The van der Waals surface area contributed by atoms with E-state index < -0.39 is 11.6 Å². The van der Waals surface area contributed by atoms with Gasteiger partial charge in [-0.2, -0.15) is 0 Å². The minimum absolute atomic E-state index is 0.000764. The first-order valence-corrected chi connectivity index (χ1v) is 4.30. The molecule has 1 heterocycles. The number of hydrogen-bond acceptors (Lipinski definition) is 3. The molecule has 1 aromatic heterocycles. The summed E-state index contributed by atoms with van der Waals surface area (Å²) < 4.78 is 5.39. The number of pyridine rings is 1. The third kappa shape index (κ3) is 2.71. The predicted octanol–water partition coefficient (Wildman–Crippen LogP) is 1.57. The minimum atomic E-state index is -1.09. The van der Waals surface area contributed by atoms with Gasteiger partial charge in [0.25, 0.3) is 0 Å². The molecule has 78 valence electrons. The Morgan fingerprint density at radius 2 is 2.33 bits per heavy atom. The highest BCUT2D eigenvalue weighted by molar-refractivity contribution is 5.90. The van der Waals surface area contributed by atoms with E-state index in [1.165, 1.54) is 18.5 Å². The van der Waals surface area contributed by atoms with Crippen LogP contribution in [0.15, 0.2) is 18.5 Å². The average Bonchev–Trinajstić information content (AvgIpc) is 2.18. The van der Waals surface area contributed by atoms with E-state index in [1.54, 1.807) is 13.8 Å². The average molecular weight is 205 g/mol. The normalized spacial score (nSPS) is 10.5. The predicted molar refractivity (Wildman–Crippen MR) is 54.7 cm³/mol. The second kappa shape index (κ2) is 4.01. The van der Waals surface area contributed by atoms with E-state index in [1.807, 2.05) is 0 Å². The van der Waals surface area contributed by atoms with Crippen LogP contribution in [-0.2, 0) is 0 Å². The number of rotatable bonds is 3. The van der Waals surface area contributed by atoms with Crippen molar-refractivity contribution in [2.45, 2.75) is 19.4 Å². The highest BCUT2D eigenvalue weighted by Crippen LogP contribution is 2.21. The van der Waals surface area contributed by atoms with Crippen LogP contribution in [0, 0.1) is 12.3 Å². The Morgan fingerprint density at radius 3 is 2.87 bits per heavy atom. The van der Waals surface area contributed by atoms with Gasteiger partial charge in [-0.25, -0.2) is 4.79 Å². The fourth-order valence-corrected chi connectivity index (χ4v) is 0.936. The van der Waals surface area contributed by atoms with Crippen LogP contribution >= 0.6 is 0 Å². The van der Waals surface area contributed by atoms with Crippen LogP contribution in [0.3, 0.4) is 0 Å². The van der Waals surface area contributed by atoms with E-state index in [9.17, 15) is 4.79 Å². The highest BCUT2D eigenvalue weighted by Gasteiger charge is 2.20. The summed E-state index contributed by atoms with van der Waals surface area (Å²) in [5.74, 6) is 1.55. The Labute approximate surface area is 87.9 Å². The van der Waals surface area contributed by atoms with E-state index >= 15 is 0 Å². The third-order valence-corrected chi connectivity index (χ3v) is 1.72. The third-order valence-electron chi connectivity index (χ3n) is 1.72. The molecule has 0 unspecified atom stereocenters. The van der Waals surface area contributed by atoms with Gasteiger partial charge in [-0.15, -0.1) is 6.42 Å². The van der Waals surface area contributed by atoms with Crippen molar-refractivity contribution in [1.82, 2.24) is 4.98 Å². The van der Waals surface area contributed by atoms with Gasteiger partial charge in [0.2, 0.25) is 0 Å². The standard InChI is InChI=1S/C11H11NO3/c1-4-11(2,3)15-9-5-6-12-7-8(9)10(13)14/h1,5-7H,2-3H3,(H,13,14). The van der Waals surface area contributed by atoms with Gasteiger partial charge in [-0.1, -0.05) is 5.92 Å². The monoisotopic (exact) mass is 205 g/mol. The number of aromatic nitrogens is 1. The molecule has 0 saturated heterocycles. The number of ether oxygens (including phenoxy) is 1. The number of nitrogens with zero attached hydrogens (tertiary/aromatic N) is 1. The van der Waals surface area contributed by atoms with E-state index in [-0.39, 0.29) is 11.3 Å². The number of aromatic carboxylic acids is 1. The topological polar surface area (TPSA) is 59.4 Å². The van der Waals surface area contributed by atoms with Crippen molar-refractivity contribution in [2.75, 3.05) is 0 Å². The lowest BCUT2D eigenvalue weighted by atomic mass is 10.1. The van der Waals surface area contributed by atoms with Crippen molar-refractivity contribution in [1.29, 1.82) is 0 Å². The molecule has 0 atom stereocenters. The maximum absolute atomic E-state index is 10.8. The molecule has 0 fully saturated rings. The molecule has 0 spiro atoms. The Bertz CT molecular complexity index is 418. The van der Waals surface area contributed by atoms with E-state index in [0.29, 0.717) is 0 Å². The zero-order chi connectivity index (χ0) is 11.5. The van der Waals surface area contributed by atoms with Gasteiger partial charge in [-0.3, -0.25) is 4.98 Å². The number of hydrogen-bond donors (Lipinski definition) is 1. The molecule has 0 saturated carbocycles. The number of terminal acetylenes is 1. The molecule has 0 aromatic carbocycles. The minimum Gasteiger partial charge on any atom is -0.477 e. The van der Waals surface area contributed by atoms with Crippen LogP contribution in [0.5, 0.6) is 5.75 Å². The summed E-state index contributed by atoms with van der Waals surface area (Å²) in [5, 5.41) is 8.86. The molecule has 4 heteroatoms. The van der Waals surface area contributed by atoms with Crippen molar-refractivity contribution in [3.05, 3.63) is 24.0 Å². The summed E-state index contributed by atoms with van der Waals surface area (Å²) in [4.78, 5) is 14.5. The summed E-state index contributed by atoms with van der Waals surface area (Å²) in [6.07, 6.45) is 7.92. The number of carbonyl (C=O) groups is 1. The molecular formula is C11H11NO3. The van der Waals surface area contributed by atoms with Crippen molar-refractivity contribution >= 4 is 5.97 Å². The Morgan fingerprint density at radius 1 is 1.67 bits per heavy atom. The summed E-state index contributed by atoms with van der Waals surface area (Å²) in [5.41, 5.74) is -0.841. The van der Waals surface area contributed by atoms with Crippen LogP contribution in [0.25, 0.3) is 0 Å². The maximum atomic E-state index is 10.8. The van der Waals surface area contributed by atoms with Gasteiger partial charge in [0, 0.05) is 12.4 Å². The first kappa shape index (κ1) is 11.1. The lowest BCUT2D eigenvalue weighted by Crippen LogP contribution is -2.26. The van der Waals surface area contributed by atoms with Crippen LogP contribution in [0.1, 0.15) is 24.2 Å². The highest BCUT2D eigenvalue weighted by atomic mass is 16.5. The smallest absolute Gasteiger partial charge is 0.341 e. The molecule has 4 nitrogen and oxygen atoms in total. The fraction of sp³-hybridized carbons (Fsp3) is 0.273. The maximum Gasteiger partial charge on any atom is 0.341 e. The van der Waals surface area contributed by atoms with E-state index in [0.717, 1.165) is 0 Å². The SMILES string of the molecule is C#CC(C)(C)Oc1ccncc1C(=O)O. The molecule has 1 rings (SSSR count). The molecule has 1 aromatic rings. The molecule has 0 amide bonds. The summed E-state index contributed by atoms with van der Waals surface area (Å²) in [6.45, 7) is 3.36. The molecule has 0 bridgehead atoms. The largest absolute Gasteiger partial charge is 0.477 e. The van der Waals surface area contributed by atoms with Crippen LogP contribution < -0.4 is 4.74 Å². The van der Waals surface area contributed by atoms with Crippen LogP contribution in [-0.4, -0.2) is 21.7 Å². The quantitative estimate of drug-likeness (QED) is 0.761. The second-order valence-electron chi connectivity index (χ2n) is 3.43. The van der Waals surface area contributed by atoms with Crippen molar-refractivity contribution in [3.63, 3.8) is 0 Å². The van der Waals surface area contributed by atoms with Crippen molar-refractivity contribution in [3.8, 4) is 18.1 Å². The molecule has 0 aliphatic carbocycles. The molecule has 0 radical (unpaired) electrons. The lowest BCUT2D eigenvalue weighted by Gasteiger charge is -2.20. The first-order valence-electron chi connectivity index (χ1n) is 4.30. The molecular weight excluding hydrogens is 194 g/mol. The number of carboxylic acid groups (broad SMARTS) is 1. The van der Waals surface area contributed by atoms with Gasteiger partial charge in [0.1, 0.15) is 11.3 Å². The lowest BCUT2D eigenvalue weighted by molar-refractivity contribution is 0.0686. The Hall–Kier alpha value is -2.02. The second-order valence-corrected chi connectivity index (χ2v) is 3.43. The zero-order valence-corrected chi connectivity index (χ0v) is 8.52. The van der Waals surface area contributed by atoms with Gasteiger partial charge < -0.3 is 9.84 Å². The van der Waals surface area contributed by atoms with Crippen LogP contribution in [0.2, 0.25) is 0 Å². The van der Waals surface area contributed by atoms with Gasteiger partial charge in [0.05, 0.1) is 0 Å². The summed E-state index contributed by atoms with van der Waals surface area (Å²) in [7, 11) is 0. The summed E-state index contributed by atoms with van der Waals surface area (Å²) in [6, 6.07) is 1.47. The number of carboxylic acids is 1. The zero-order valence-electron chi connectivity index (χ0n) is 8.52. The van der Waals surface area contributed by atoms with Crippen molar-refractivity contribution < 1.29 is 14.6 Å². The van der Waals surface area contributed by atoms with Gasteiger partial charge in [0.15, 0.2) is 5.60 Å². The summed E-state index contributed by atoms with van der Waals surface area (Å²) >= 11 is 0. The van der Waals surface area contributed by atoms with Crippen molar-refractivity contribution in [2.24, 2.45) is 0 Å². The van der Waals surface area contributed by atoms with E-state index in [2.05, 4.69) is 10.9 Å². The molecule has 0 aliphatic heterocycles. The Balaban J connectivity index is 3.06.